The smallest absolute Gasteiger partial charge is 0.0126 e. The van der Waals surface area contributed by atoms with E-state index in [-0.39, 0.29) is 0 Å². The van der Waals surface area contributed by atoms with Gasteiger partial charge < -0.3 is 5.32 Å². The Balaban J connectivity index is 1.74. The molecule has 1 N–H and O–H groups in total. The molecule has 0 radical (unpaired) electrons. The Kier molecular flexibility index (Phi) is 4.98. The van der Waals surface area contributed by atoms with Gasteiger partial charge in [0.2, 0.25) is 0 Å². The van der Waals surface area contributed by atoms with Crippen molar-refractivity contribution in [1.82, 2.24) is 5.32 Å². The predicted octanol–water partition coefficient (Wildman–Crippen LogP) is 5.40. The zero-order valence-corrected chi connectivity index (χ0v) is 14.7. The molecule has 4 bridgehead atoms. The SMILES string of the molecule is CCCNC(CC(CC)CC)C12CC3CC(CC(C3)C1)C2. The van der Waals surface area contributed by atoms with Crippen LogP contribution < -0.4 is 5.32 Å². The van der Waals surface area contributed by atoms with E-state index in [9.17, 15) is 0 Å². The first-order valence-corrected chi connectivity index (χ1v) is 9.92. The molecule has 1 atom stereocenters. The summed E-state index contributed by atoms with van der Waals surface area (Å²) in [6.45, 7) is 8.34. The van der Waals surface area contributed by atoms with Crippen molar-refractivity contribution in [1.29, 1.82) is 0 Å². The van der Waals surface area contributed by atoms with Crippen LogP contribution in [0.4, 0.5) is 0 Å². The summed E-state index contributed by atoms with van der Waals surface area (Å²) in [4.78, 5) is 0. The van der Waals surface area contributed by atoms with Crippen molar-refractivity contribution in [2.24, 2.45) is 29.1 Å². The summed E-state index contributed by atoms with van der Waals surface area (Å²) in [6.07, 6.45) is 14.9. The van der Waals surface area contributed by atoms with Gasteiger partial charge in [-0.15, -0.1) is 0 Å². The molecule has 4 fully saturated rings. The highest BCUT2D eigenvalue weighted by Gasteiger charge is 2.53. The van der Waals surface area contributed by atoms with Gasteiger partial charge in [0, 0.05) is 6.04 Å². The van der Waals surface area contributed by atoms with Gasteiger partial charge in [-0.2, -0.15) is 0 Å². The molecule has 4 rings (SSSR count). The molecule has 0 aromatic heterocycles. The Morgan fingerprint density at radius 2 is 1.43 bits per heavy atom. The van der Waals surface area contributed by atoms with Crippen LogP contribution in [0.25, 0.3) is 0 Å². The van der Waals surface area contributed by atoms with Crippen LogP contribution in [0.2, 0.25) is 0 Å². The third kappa shape index (κ3) is 3.19. The van der Waals surface area contributed by atoms with Crippen molar-refractivity contribution in [3.63, 3.8) is 0 Å². The van der Waals surface area contributed by atoms with Gasteiger partial charge in [0.05, 0.1) is 0 Å². The van der Waals surface area contributed by atoms with Crippen molar-refractivity contribution in [3.8, 4) is 0 Å². The highest BCUT2D eigenvalue weighted by molar-refractivity contribution is 5.06. The van der Waals surface area contributed by atoms with Gasteiger partial charge >= 0.3 is 0 Å². The van der Waals surface area contributed by atoms with Gasteiger partial charge in [-0.05, 0) is 87.0 Å². The average molecular weight is 292 g/mol. The quantitative estimate of drug-likeness (QED) is 0.631. The normalized spacial score (nSPS) is 39.1. The maximum atomic E-state index is 4.03. The minimum Gasteiger partial charge on any atom is -0.313 e. The Bertz CT molecular complexity index is 295. The largest absolute Gasteiger partial charge is 0.313 e. The van der Waals surface area contributed by atoms with Crippen molar-refractivity contribution in [2.45, 2.75) is 91.0 Å². The molecule has 0 aromatic carbocycles. The summed E-state index contributed by atoms with van der Waals surface area (Å²) in [5.41, 5.74) is 0.687. The predicted molar refractivity (Wildman–Crippen MR) is 91.4 cm³/mol. The second-order valence-corrected chi connectivity index (χ2v) is 8.70. The maximum absolute atomic E-state index is 4.03. The van der Waals surface area contributed by atoms with E-state index in [0.717, 1.165) is 29.7 Å². The monoisotopic (exact) mass is 291 g/mol. The zero-order valence-electron chi connectivity index (χ0n) is 14.7. The van der Waals surface area contributed by atoms with Crippen LogP contribution in [0, 0.1) is 29.1 Å². The van der Waals surface area contributed by atoms with Crippen LogP contribution in [0.15, 0.2) is 0 Å². The Morgan fingerprint density at radius 3 is 1.86 bits per heavy atom. The lowest BCUT2D eigenvalue weighted by Crippen LogP contribution is -2.56. The van der Waals surface area contributed by atoms with Gasteiger partial charge in [-0.3, -0.25) is 0 Å². The van der Waals surface area contributed by atoms with Crippen LogP contribution in [-0.2, 0) is 0 Å². The van der Waals surface area contributed by atoms with Crippen LogP contribution in [0.5, 0.6) is 0 Å². The van der Waals surface area contributed by atoms with E-state index < -0.39 is 0 Å². The summed E-state index contributed by atoms with van der Waals surface area (Å²) in [7, 11) is 0. The Morgan fingerprint density at radius 1 is 0.905 bits per heavy atom. The van der Waals surface area contributed by atoms with Crippen molar-refractivity contribution >= 4 is 0 Å². The molecule has 1 heteroatoms. The van der Waals surface area contributed by atoms with E-state index in [1.54, 1.807) is 38.5 Å². The molecule has 0 aliphatic heterocycles. The lowest BCUT2D eigenvalue weighted by atomic mass is 9.47. The van der Waals surface area contributed by atoms with Crippen molar-refractivity contribution in [2.75, 3.05) is 6.54 Å². The molecule has 0 amide bonds. The first-order valence-electron chi connectivity index (χ1n) is 9.92. The standard InChI is InChI=1S/C20H37N/c1-4-7-21-19(11-15(5-2)6-3)20-12-16-8-17(13-20)10-18(9-16)14-20/h15-19,21H,4-14H2,1-3H3. The zero-order chi connectivity index (χ0) is 14.9. The summed E-state index contributed by atoms with van der Waals surface area (Å²) < 4.78 is 0. The molecule has 0 aromatic rings. The van der Waals surface area contributed by atoms with E-state index in [2.05, 4.69) is 26.1 Å². The Hall–Kier alpha value is -0.0400. The second kappa shape index (κ2) is 6.60. The molecular weight excluding hydrogens is 254 g/mol. The molecule has 0 saturated heterocycles. The summed E-state index contributed by atoms with van der Waals surface area (Å²) in [6, 6.07) is 0.816. The van der Waals surface area contributed by atoms with Crippen LogP contribution >= 0.6 is 0 Å². The van der Waals surface area contributed by atoms with Crippen molar-refractivity contribution < 1.29 is 0 Å². The van der Waals surface area contributed by atoms with Gasteiger partial charge in [-0.1, -0.05) is 33.6 Å². The summed E-state index contributed by atoms with van der Waals surface area (Å²) in [5, 5.41) is 4.03. The summed E-state index contributed by atoms with van der Waals surface area (Å²) in [5.74, 6) is 4.20. The minimum absolute atomic E-state index is 0.687. The molecule has 4 saturated carbocycles. The van der Waals surface area contributed by atoms with Crippen LogP contribution in [0.3, 0.4) is 0 Å². The molecule has 1 unspecified atom stereocenters. The highest BCUT2D eigenvalue weighted by atomic mass is 14.9. The fourth-order valence-corrected chi connectivity index (χ4v) is 6.43. The van der Waals surface area contributed by atoms with E-state index >= 15 is 0 Å². The van der Waals surface area contributed by atoms with E-state index in [1.165, 1.54) is 32.2 Å². The first-order chi connectivity index (χ1) is 10.2. The lowest BCUT2D eigenvalue weighted by Gasteiger charge is -2.60. The second-order valence-electron chi connectivity index (χ2n) is 8.70. The molecule has 1 nitrogen and oxygen atoms in total. The average Bonchev–Trinajstić information content (AvgIpc) is 2.46. The van der Waals surface area contributed by atoms with Crippen LogP contribution in [0.1, 0.15) is 85.0 Å². The molecule has 4 aliphatic rings. The Labute approximate surface area is 132 Å². The minimum atomic E-state index is 0.687. The van der Waals surface area contributed by atoms with E-state index in [1.807, 2.05) is 0 Å². The van der Waals surface area contributed by atoms with Gasteiger partial charge in [0.25, 0.3) is 0 Å². The van der Waals surface area contributed by atoms with Gasteiger partial charge in [0.1, 0.15) is 0 Å². The molecule has 0 spiro atoms. The first kappa shape index (κ1) is 15.8. The molecule has 0 heterocycles. The maximum Gasteiger partial charge on any atom is 0.0126 e. The topological polar surface area (TPSA) is 12.0 Å². The highest BCUT2D eigenvalue weighted by Crippen LogP contribution is 2.61. The number of hydrogen-bond acceptors (Lipinski definition) is 1. The van der Waals surface area contributed by atoms with Crippen LogP contribution in [-0.4, -0.2) is 12.6 Å². The fourth-order valence-electron chi connectivity index (χ4n) is 6.43. The lowest BCUT2D eigenvalue weighted by molar-refractivity contribution is -0.0778. The molecular formula is C20H37N. The third-order valence-corrected chi connectivity index (χ3v) is 7.19. The van der Waals surface area contributed by atoms with E-state index in [4.69, 9.17) is 0 Å². The fraction of sp³-hybridized carbons (Fsp3) is 1.00. The number of rotatable bonds is 8. The third-order valence-electron chi connectivity index (χ3n) is 7.19. The number of hydrogen-bond donors (Lipinski definition) is 1. The number of nitrogens with one attached hydrogen (secondary N) is 1. The summed E-state index contributed by atoms with van der Waals surface area (Å²) >= 11 is 0. The molecule has 21 heavy (non-hydrogen) atoms. The molecule has 4 aliphatic carbocycles. The van der Waals surface area contributed by atoms with Gasteiger partial charge in [-0.25, -0.2) is 0 Å². The van der Waals surface area contributed by atoms with E-state index in [0.29, 0.717) is 5.41 Å². The van der Waals surface area contributed by atoms with Crippen molar-refractivity contribution in [3.05, 3.63) is 0 Å². The molecule has 122 valence electrons. The van der Waals surface area contributed by atoms with Gasteiger partial charge in [0.15, 0.2) is 0 Å².